The van der Waals surface area contributed by atoms with Crippen LogP contribution in [-0.2, 0) is 30.4 Å². The number of amides is 1. The summed E-state index contributed by atoms with van der Waals surface area (Å²) in [5.74, 6) is -1.83. The van der Waals surface area contributed by atoms with Gasteiger partial charge in [-0.1, -0.05) is 30.3 Å². The zero-order valence-electron chi connectivity index (χ0n) is 15.1. The SMILES string of the molecule is CC(=O)N[C@H]1C(O)O[C@H](COCc2ccccc2)[C@@H](F)[C@@H]1O[C@H](C)C(=O)O. The molecule has 1 unspecified atom stereocenters. The second-order valence-electron chi connectivity index (χ2n) is 6.32. The monoisotopic (exact) mass is 385 g/mol. The van der Waals surface area contributed by atoms with Gasteiger partial charge in [0.2, 0.25) is 5.91 Å². The standard InChI is InChI=1S/C18H24FNO7/c1-10(17(22)23)26-16-14(19)13(27-18(24)15(16)20-11(2)21)9-25-8-12-6-4-3-5-7-12/h3-7,10,13-16,18,24H,8-9H2,1-2H3,(H,20,21)(H,22,23)/t10-,13-,14-,15-,16+,18?/m1/s1. The lowest BCUT2D eigenvalue weighted by molar-refractivity contribution is -0.257. The lowest BCUT2D eigenvalue weighted by Gasteiger charge is -2.42. The molecule has 2 rings (SSSR count). The summed E-state index contributed by atoms with van der Waals surface area (Å²) >= 11 is 0. The first-order valence-corrected chi connectivity index (χ1v) is 8.54. The molecule has 1 fully saturated rings. The number of carboxylic acid groups (broad SMARTS) is 1. The van der Waals surface area contributed by atoms with Crippen molar-refractivity contribution in [3.8, 4) is 0 Å². The van der Waals surface area contributed by atoms with Crippen molar-refractivity contribution in [1.82, 2.24) is 5.32 Å². The van der Waals surface area contributed by atoms with Gasteiger partial charge in [0.05, 0.1) is 13.2 Å². The Hall–Kier alpha value is -2.07. The topological polar surface area (TPSA) is 114 Å². The number of carboxylic acids is 1. The van der Waals surface area contributed by atoms with Gasteiger partial charge in [-0.25, -0.2) is 9.18 Å². The Kier molecular flexibility index (Phi) is 7.66. The quantitative estimate of drug-likeness (QED) is 0.601. The maximum atomic E-state index is 15.0. The summed E-state index contributed by atoms with van der Waals surface area (Å²) < 4.78 is 30.9. The highest BCUT2D eigenvalue weighted by molar-refractivity contribution is 5.73. The van der Waals surface area contributed by atoms with Crippen LogP contribution in [0.1, 0.15) is 19.4 Å². The Morgan fingerprint density at radius 1 is 1.33 bits per heavy atom. The minimum Gasteiger partial charge on any atom is -0.479 e. The first-order valence-electron chi connectivity index (χ1n) is 8.54. The van der Waals surface area contributed by atoms with Gasteiger partial charge in [0.1, 0.15) is 18.2 Å². The summed E-state index contributed by atoms with van der Waals surface area (Å²) in [6.07, 6.45) is -7.31. The molecule has 1 aromatic carbocycles. The van der Waals surface area contributed by atoms with Gasteiger partial charge in [0.25, 0.3) is 0 Å². The third-order valence-electron chi connectivity index (χ3n) is 4.12. The van der Waals surface area contributed by atoms with Gasteiger partial charge >= 0.3 is 5.97 Å². The van der Waals surface area contributed by atoms with Crippen LogP contribution in [0.25, 0.3) is 0 Å². The van der Waals surface area contributed by atoms with Gasteiger partial charge in [-0.05, 0) is 12.5 Å². The van der Waals surface area contributed by atoms with Gasteiger partial charge < -0.3 is 29.7 Å². The van der Waals surface area contributed by atoms with Crippen LogP contribution in [0.2, 0.25) is 0 Å². The van der Waals surface area contributed by atoms with E-state index >= 15 is 0 Å². The normalized spacial score (nSPS) is 29.1. The van der Waals surface area contributed by atoms with E-state index in [1.807, 2.05) is 30.3 Å². The largest absolute Gasteiger partial charge is 0.479 e. The molecule has 1 aliphatic rings. The second-order valence-corrected chi connectivity index (χ2v) is 6.32. The summed E-state index contributed by atoms with van der Waals surface area (Å²) in [5, 5.41) is 21.5. The summed E-state index contributed by atoms with van der Waals surface area (Å²) in [4.78, 5) is 22.4. The third kappa shape index (κ3) is 5.96. The van der Waals surface area contributed by atoms with Gasteiger partial charge in [-0.3, -0.25) is 4.79 Å². The van der Waals surface area contributed by atoms with Crippen LogP contribution in [0, 0.1) is 0 Å². The first-order chi connectivity index (χ1) is 12.8. The Bertz CT molecular complexity index is 629. The molecule has 8 nitrogen and oxygen atoms in total. The predicted molar refractivity (Wildman–Crippen MR) is 91.4 cm³/mol. The molecular weight excluding hydrogens is 361 g/mol. The molecule has 3 N–H and O–H groups in total. The van der Waals surface area contributed by atoms with E-state index in [0.29, 0.717) is 0 Å². The van der Waals surface area contributed by atoms with Crippen molar-refractivity contribution >= 4 is 11.9 Å². The van der Waals surface area contributed by atoms with Crippen LogP contribution in [0.3, 0.4) is 0 Å². The molecule has 0 aliphatic carbocycles. The molecule has 9 heteroatoms. The third-order valence-corrected chi connectivity index (χ3v) is 4.12. The van der Waals surface area contributed by atoms with Crippen LogP contribution in [0.4, 0.5) is 4.39 Å². The average Bonchev–Trinajstić information content (AvgIpc) is 2.62. The number of aliphatic hydroxyl groups is 1. The fraction of sp³-hybridized carbons (Fsp3) is 0.556. The number of benzene rings is 1. The first kappa shape index (κ1) is 21.2. The predicted octanol–water partition coefficient (Wildman–Crippen LogP) is 0.621. The maximum absolute atomic E-state index is 15.0. The number of alkyl halides is 1. The van der Waals surface area contributed by atoms with Crippen LogP contribution in [0.5, 0.6) is 0 Å². The van der Waals surface area contributed by atoms with Crippen molar-refractivity contribution < 1.29 is 38.4 Å². The summed E-state index contributed by atoms with van der Waals surface area (Å²) in [6.45, 7) is 2.46. The van der Waals surface area contributed by atoms with Crippen molar-refractivity contribution in [1.29, 1.82) is 0 Å². The Morgan fingerprint density at radius 3 is 2.59 bits per heavy atom. The minimum absolute atomic E-state index is 0.179. The van der Waals surface area contributed by atoms with E-state index in [1.165, 1.54) is 13.8 Å². The highest BCUT2D eigenvalue weighted by Crippen LogP contribution is 2.26. The number of nitrogens with one attached hydrogen (secondary N) is 1. The second kappa shape index (κ2) is 9.75. The van der Waals surface area contributed by atoms with Crippen molar-refractivity contribution in [3.63, 3.8) is 0 Å². The Labute approximate surface area is 156 Å². The molecule has 0 saturated carbocycles. The van der Waals surface area contributed by atoms with Crippen LogP contribution in [-0.4, -0.2) is 65.5 Å². The van der Waals surface area contributed by atoms with Gasteiger partial charge in [0, 0.05) is 6.92 Å². The lowest BCUT2D eigenvalue weighted by Crippen LogP contribution is -2.64. The molecule has 27 heavy (non-hydrogen) atoms. The van der Waals surface area contributed by atoms with Crippen LogP contribution in [0.15, 0.2) is 30.3 Å². The zero-order chi connectivity index (χ0) is 20.0. The van der Waals surface area contributed by atoms with E-state index in [0.717, 1.165) is 5.56 Å². The molecule has 0 bridgehead atoms. The molecule has 1 aliphatic heterocycles. The minimum atomic E-state index is -1.82. The smallest absolute Gasteiger partial charge is 0.332 e. The van der Waals surface area contributed by atoms with Crippen molar-refractivity contribution in [3.05, 3.63) is 35.9 Å². The number of aliphatic carboxylic acids is 1. The average molecular weight is 385 g/mol. The molecule has 1 aromatic rings. The van der Waals surface area contributed by atoms with E-state index in [-0.39, 0.29) is 13.2 Å². The summed E-state index contributed by atoms with van der Waals surface area (Å²) in [7, 11) is 0. The van der Waals surface area contributed by atoms with Gasteiger partial charge in [-0.2, -0.15) is 0 Å². The lowest BCUT2D eigenvalue weighted by atomic mass is 9.97. The molecular formula is C18H24FNO7. The van der Waals surface area contributed by atoms with E-state index in [1.54, 1.807) is 0 Å². The molecule has 150 valence electrons. The summed E-state index contributed by atoms with van der Waals surface area (Å²) in [6, 6.07) is 7.98. The van der Waals surface area contributed by atoms with E-state index in [2.05, 4.69) is 5.32 Å². The van der Waals surface area contributed by atoms with Crippen molar-refractivity contribution in [2.75, 3.05) is 6.61 Å². The summed E-state index contributed by atoms with van der Waals surface area (Å²) in [5.41, 5.74) is 0.882. The van der Waals surface area contributed by atoms with Gasteiger partial charge in [-0.15, -0.1) is 0 Å². The van der Waals surface area contributed by atoms with E-state index in [9.17, 15) is 19.1 Å². The number of carbonyl (C=O) groups excluding carboxylic acids is 1. The number of ether oxygens (including phenoxy) is 3. The Morgan fingerprint density at radius 2 is 2.00 bits per heavy atom. The number of halogens is 1. The molecule has 0 aromatic heterocycles. The van der Waals surface area contributed by atoms with E-state index < -0.39 is 48.7 Å². The molecule has 0 spiro atoms. The number of rotatable bonds is 8. The van der Waals surface area contributed by atoms with Gasteiger partial charge in [0.15, 0.2) is 18.6 Å². The van der Waals surface area contributed by atoms with E-state index in [4.69, 9.17) is 19.3 Å². The Balaban J connectivity index is 2.04. The molecule has 0 radical (unpaired) electrons. The number of hydrogen-bond acceptors (Lipinski definition) is 6. The fourth-order valence-corrected chi connectivity index (χ4v) is 2.75. The zero-order valence-corrected chi connectivity index (χ0v) is 15.1. The molecule has 1 heterocycles. The molecule has 1 saturated heterocycles. The number of carbonyl (C=O) groups is 2. The van der Waals surface area contributed by atoms with Crippen molar-refractivity contribution in [2.45, 2.75) is 57.3 Å². The van der Waals surface area contributed by atoms with Crippen molar-refractivity contribution in [2.24, 2.45) is 0 Å². The maximum Gasteiger partial charge on any atom is 0.332 e. The highest BCUT2D eigenvalue weighted by Gasteiger charge is 2.48. The van der Waals surface area contributed by atoms with Crippen LogP contribution < -0.4 is 5.32 Å². The highest BCUT2D eigenvalue weighted by atomic mass is 19.1. The molecule has 1 amide bonds. The number of aliphatic hydroxyl groups excluding tert-OH is 1. The fourth-order valence-electron chi connectivity index (χ4n) is 2.75. The molecule has 6 atom stereocenters. The van der Waals surface area contributed by atoms with Crippen LogP contribution >= 0.6 is 0 Å². The number of hydrogen-bond donors (Lipinski definition) is 3.